The molecule has 1 saturated heterocycles. The zero-order valence-corrected chi connectivity index (χ0v) is 19.4. The van der Waals surface area contributed by atoms with Crippen molar-refractivity contribution in [2.75, 3.05) is 31.7 Å². The Balaban J connectivity index is 1.45. The van der Waals surface area contributed by atoms with Crippen LogP contribution in [0, 0.1) is 0 Å². The molecule has 0 saturated carbocycles. The maximum atomic E-state index is 13.0. The molecule has 0 bridgehead atoms. The van der Waals surface area contributed by atoms with Crippen LogP contribution in [0.3, 0.4) is 0 Å². The fraction of sp³-hybridized carbons (Fsp3) is 0.346. The van der Waals surface area contributed by atoms with E-state index in [0.29, 0.717) is 25.4 Å². The van der Waals surface area contributed by atoms with Crippen LogP contribution in [0.25, 0.3) is 22.0 Å². The number of anilines is 1. The van der Waals surface area contributed by atoms with Gasteiger partial charge in [-0.05, 0) is 37.0 Å². The van der Waals surface area contributed by atoms with Gasteiger partial charge in [0.15, 0.2) is 11.5 Å². The number of ether oxygens (including phenoxy) is 1. The standard InChI is InChI=1S/C26H28N4O4/c1-29-19-8-4-3-7-18(19)23(21(24(27)31)26(29)32)30-13-10-17(11-14-30)25-28-22-16(12-15-33-2)6-5-9-20(22)34-25/h3-9,17H,10-15H2,1-2H3,(H2,27,31). The Hall–Kier alpha value is -3.65. The van der Waals surface area contributed by atoms with E-state index in [4.69, 9.17) is 19.9 Å². The average molecular weight is 461 g/mol. The molecule has 8 heteroatoms. The van der Waals surface area contributed by atoms with Crippen molar-refractivity contribution < 1.29 is 13.9 Å². The van der Waals surface area contributed by atoms with E-state index in [2.05, 4.69) is 11.0 Å². The van der Waals surface area contributed by atoms with Crippen LogP contribution in [0.1, 0.15) is 40.6 Å². The Kier molecular flexibility index (Phi) is 5.83. The van der Waals surface area contributed by atoms with Crippen LogP contribution in [-0.4, -0.2) is 42.3 Å². The molecule has 0 aliphatic carbocycles. The number of nitrogens with two attached hydrogens (primary N) is 1. The van der Waals surface area contributed by atoms with E-state index >= 15 is 0 Å². The number of methoxy groups -OCH3 is 1. The molecule has 4 aromatic rings. The number of hydrogen-bond acceptors (Lipinski definition) is 6. The molecule has 8 nitrogen and oxygen atoms in total. The summed E-state index contributed by atoms with van der Waals surface area (Å²) in [7, 11) is 3.36. The summed E-state index contributed by atoms with van der Waals surface area (Å²) in [5, 5.41) is 0.849. The third-order valence-electron chi connectivity index (χ3n) is 6.78. The van der Waals surface area contributed by atoms with Crippen molar-refractivity contribution in [3.8, 4) is 0 Å². The Morgan fingerprint density at radius 2 is 1.94 bits per heavy atom. The maximum Gasteiger partial charge on any atom is 0.265 e. The quantitative estimate of drug-likeness (QED) is 0.473. The van der Waals surface area contributed by atoms with E-state index < -0.39 is 5.91 Å². The third-order valence-corrected chi connectivity index (χ3v) is 6.78. The lowest BCUT2D eigenvalue weighted by atomic mass is 9.95. The number of fused-ring (bicyclic) bond motifs is 2. The molecule has 5 rings (SSSR count). The van der Waals surface area contributed by atoms with Crippen molar-refractivity contribution in [1.29, 1.82) is 0 Å². The van der Waals surface area contributed by atoms with Gasteiger partial charge in [-0.15, -0.1) is 0 Å². The van der Waals surface area contributed by atoms with Crippen molar-refractivity contribution in [3.63, 3.8) is 0 Å². The van der Waals surface area contributed by atoms with Crippen molar-refractivity contribution in [2.45, 2.75) is 25.2 Å². The van der Waals surface area contributed by atoms with Crippen LogP contribution in [-0.2, 0) is 18.2 Å². The van der Waals surface area contributed by atoms with Crippen LogP contribution in [0.2, 0.25) is 0 Å². The van der Waals surface area contributed by atoms with Gasteiger partial charge in [0.25, 0.3) is 11.5 Å². The molecule has 1 aliphatic rings. The van der Waals surface area contributed by atoms with Gasteiger partial charge in [-0.2, -0.15) is 0 Å². The number of aromatic nitrogens is 2. The molecule has 1 amide bonds. The van der Waals surface area contributed by atoms with E-state index in [1.807, 2.05) is 36.4 Å². The number of hydrogen-bond donors (Lipinski definition) is 1. The van der Waals surface area contributed by atoms with E-state index in [0.717, 1.165) is 52.7 Å². The van der Waals surface area contributed by atoms with Gasteiger partial charge in [-0.1, -0.05) is 30.3 Å². The summed E-state index contributed by atoms with van der Waals surface area (Å²) in [4.78, 5) is 32.2. The molecular weight excluding hydrogens is 432 g/mol. The van der Waals surface area contributed by atoms with Crippen LogP contribution in [0.15, 0.2) is 51.7 Å². The third kappa shape index (κ3) is 3.74. The Labute approximate surface area is 196 Å². The summed E-state index contributed by atoms with van der Waals surface area (Å²) in [6.07, 6.45) is 2.37. The van der Waals surface area contributed by atoms with Crippen LogP contribution in [0.5, 0.6) is 0 Å². The Morgan fingerprint density at radius 1 is 1.18 bits per heavy atom. The number of carbonyl (C=O) groups excluding carboxylic acids is 1. The number of amides is 1. The monoisotopic (exact) mass is 460 g/mol. The van der Waals surface area contributed by atoms with Gasteiger partial charge in [-0.3, -0.25) is 9.59 Å². The van der Waals surface area contributed by atoms with E-state index in [9.17, 15) is 9.59 Å². The zero-order chi connectivity index (χ0) is 23.8. The first-order chi connectivity index (χ1) is 16.5. The molecule has 2 aromatic heterocycles. The van der Waals surface area contributed by atoms with Crippen molar-refractivity contribution in [2.24, 2.45) is 12.8 Å². The predicted octanol–water partition coefficient (Wildman–Crippen LogP) is 3.35. The number of benzene rings is 2. The second-order valence-electron chi connectivity index (χ2n) is 8.79. The van der Waals surface area contributed by atoms with Gasteiger partial charge in [0.1, 0.15) is 11.1 Å². The summed E-state index contributed by atoms with van der Waals surface area (Å²) in [5.41, 5.74) is 9.56. The van der Waals surface area contributed by atoms with E-state index in [1.165, 1.54) is 4.57 Å². The highest BCUT2D eigenvalue weighted by molar-refractivity contribution is 6.06. The topological polar surface area (TPSA) is 104 Å². The number of oxazole rings is 1. The lowest BCUT2D eigenvalue weighted by Crippen LogP contribution is -2.38. The Morgan fingerprint density at radius 3 is 2.68 bits per heavy atom. The number of rotatable bonds is 6. The van der Waals surface area contributed by atoms with Crippen molar-refractivity contribution >= 4 is 33.6 Å². The normalized spacial score (nSPS) is 14.8. The molecule has 0 radical (unpaired) electrons. The summed E-state index contributed by atoms with van der Waals surface area (Å²) >= 11 is 0. The second kappa shape index (κ2) is 8.95. The van der Waals surface area contributed by atoms with Gasteiger partial charge in [0.2, 0.25) is 0 Å². The van der Waals surface area contributed by atoms with Crippen molar-refractivity contribution in [3.05, 3.63) is 69.8 Å². The van der Waals surface area contributed by atoms with Gasteiger partial charge in [0, 0.05) is 38.6 Å². The molecule has 1 fully saturated rings. The van der Waals surface area contributed by atoms with Crippen LogP contribution >= 0.6 is 0 Å². The zero-order valence-electron chi connectivity index (χ0n) is 19.4. The number of nitrogens with zero attached hydrogens (tertiary/aromatic N) is 3. The molecule has 1 aliphatic heterocycles. The highest BCUT2D eigenvalue weighted by atomic mass is 16.5. The molecule has 0 atom stereocenters. The highest BCUT2D eigenvalue weighted by Gasteiger charge is 2.29. The first kappa shape index (κ1) is 22.2. The molecule has 0 unspecified atom stereocenters. The molecule has 2 aromatic carbocycles. The fourth-order valence-electron chi connectivity index (χ4n) is 4.99. The summed E-state index contributed by atoms with van der Waals surface area (Å²) < 4.78 is 12.9. The number of carbonyl (C=O) groups is 1. The summed E-state index contributed by atoms with van der Waals surface area (Å²) in [6.45, 7) is 1.96. The second-order valence-corrected chi connectivity index (χ2v) is 8.79. The molecule has 34 heavy (non-hydrogen) atoms. The van der Waals surface area contributed by atoms with Crippen molar-refractivity contribution in [1.82, 2.24) is 9.55 Å². The molecule has 3 heterocycles. The largest absolute Gasteiger partial charge is 0.440 e. The van der Waals surface area contributed by atoms with Gasteiger partial charge < -0.3 is 24.4 Å². The van der Waals surface area contributed by atoms with Gasteiger partial charge in [0.05, 0.1) is 17.8 Å². The first-order valence-electron chi connectivity index (χ1n) is 11.5. The fourth-order valence-corrected chi connectivity index (χ4v) is 4.99. The van der Waals surface area contributed by atoms with Crippen LogP contribution < -0.4 is 16.2 Å². The van der Waals surface area contributed by atoms with Gasteiger partial charge >= 0.3 is 0 Å². The lowest BCUT2D eigenvalue weighted by molar-refractivity contribution is 0.0999. The van der Waals surface area contributed by atoms with Gasteiger partial charge in [-0.25, -0.2) is 4.98 Å². The maximum absolute atomic E-state index is 13.0. The summed E-state index contributed by atoms with van der Waals surface area (Å²) in [6, 6.07) is 13.6. The highest BCUT2D eigenvalue weighted by Crippen LogP contribution is 2.36. The minimum absolute atomic E-state index is 0.0456. The van der Waals surface area contributed by atoms with E-state index in [-0.39, 0.29) is 17.0 Å². The Bertz CT molecular complexity index is 1430. The molecule has 0 spiro atoms. The van der Waals surface area contributed by atoms with E-state index in [1.54, 1.807) is 14.2 Å². The van der Waals surface area contributed by atoms with Crippen LogP contribution in [0.4, 0.5) is 5.69 Å². The summed E-state index contributed by atoms with van der Waals surface area (Å²) in [5.74, 6) is 0.197. The minimum Gasteiger partial charge on any atom is -0.440 e. The minimum atomic E-state index is -0.703. The average Bonchev–Trinajstić information content (AvgIpc) is 3.30. The number of pyridine rings is 1. The predicted molar refractivity (Wildman–Crippen MR) is 131 cm³/mol. The number of para-hydroxylation sites is 2. The molecular formula is C26H28N4O4. The molecule has 2 N–H and O–H groups in total. The number of primary amides is 1. The number of piperidine rings is 1. The SMILES string of the molecule is COCCc1cccc2oc(C3CCN(c4c(C(N)=O)c(=O)n(C)c5ccccc45)CC3)nc12. The lowest BCUT2D eigenvalue weighted by Gasteiger charge is -2.34. The smallest absolute Gasteiger partial charge is 0.265 e. The molecule has 176 valence electrons. The number of aryl methyl sites for hydroxylation is 1. The first-order valence-corrected chi connectivity index (χ1v) is 11.5.